The van der Waals surface area contributed by atoms with Gasteiger partial charge in [0.2, 0.25) is 6.16 Å². The van der Waals surface area contributed by atoms with Crippen molar-refractivity contribution in [2.75, 3.05) is 12.8 Å². The van der Waals surface area contributed by atoms with Crippen LogP contribution in [0.15, 0.2) is 115 Å². The van der Waals surface area contributed by atoms with Crippen molar-refractivity contribution < 1.29 is 27.8 Å². The van der Waals surface area contributed by atoms with Crippen molar-refractivity contribution in [3.63, 3.8) is 0 Å². The molecule has 1 saturated carbocycles. The Hall–Kier alpha value is -4.18. The largest absolute Gasteiger partial charge is 0.511 e. The van der Waals surface area contributed by atoms with Crippen LogP contribution in [0.1, 0.15) is 63.1 Å². The molecule has 1 N–H and O–H groups in total. The van der Waals surface area contributed by atoms with Crippen LogP contribution in [0.4, 0.5) is 4.39 Å². The molecule has 4 atom stereocenters. The fourth-order valence-corrected chi connectivity index (χ4v) is 13.6. The molecule has 4 aromatic carbocycles. The summed E-state index contributed by atoms with van der Waals surface area (Å²) in [6.07, 6.45) is 4.03. The Morgan fingerprint density at radius 2 is 1.58 bits per heavy atom. The first-order valence-corrected chi connectivity index (χ1v) is 20.5. The second-order valence-corrected chi connectivity index (χ2v) is 19.7. The average molecular weight is 706 g/mol. The number of carbonyl (C=O) groups is 1. The molecule has 0 aromatic heterocycles. The average Bonchev–Trinajstić information content (AvgIpc) is 3.66. The van der Waals surface area contributed by atoms with E-state index in [1.165, 1.54) is 17.7 Å². The van der Waals surface area contributed by atoms with Gasteiger partial charge in [-0.2, -0.15) is 0 Å². The van der Waals surface area contributed by atoms with E-state index in [4.69, 9.17) is 8.95 Å². The van der Waals surface area contributed by atoms with Crippen LogP contribution >= 0.6 is 8.03 Å². The molecule has 2 aliphatic carbocycles. The molecule has 8 heteroatoms. The molecule has 0 radical (unpaired) electrons. The predicted octanol–water partition coefficient (Wildman–Crippen LogP) is 8.49. The molecule has 1 fully saturated rings. The highest BCUT2D eigenvalue weighted by molar-refractivity contribution is 7.39. The molecule has 2 aliphatic rings. The molecule has 0 aliphatic heterocycles. The Balaban J connectivity index is 1.20. The second-order valence-electron chi connectivity index (χ2n) is 14.2. The van der Waals surface area contributed by atoms with Gasteiger partial charge in [0.25, 0.3) is 8.32 Å². The van der Waals surface area contributed by atoms with Crippen LogP contribution in [0.25, 0.3) is 5.57 Å². The highest BCUT2D eigenvalue weighted by Crippen LogP contribution is 2.54. The van der Waals surface area contributed by atoms with Crippen molar-refractivity contribution in [1.82, 2.24) is 0 Å². The van der Waals surface area contributed by atoms with E-state index in [9.17, 15) is 18.9 Å². The topological polar surface area (TPSA) is 72.8 Å². The van der Waals surface area contributed by atoms with E-state index < -0.39 is 28.4 Å². The number of hydrogen-bond donors (Lipinski definition) is 1. The fraction of sp³-hybridized carbons (Fsp3) is 0.310. The number of hydrogen-bond acceptors (Lipinski definition) is 4. The highest BCUT2D eigenvalue weighted by Gasteiger charge is 2.52. The second kappa shape index (κ2) is 15.0. The number of allylic oxidation sites excluding steroid dienone is 1. The third-order valence-corrected chi connectivity index (χ3v) is 16.3. The first-order valence-electron chi connectivity index (χ1n) is 17.2. The first-order chi connectivity index (χ1) is 24.0. The number of fused-ring (bicyclic) bond motifs is 2. The van der Waals surface area contributed by atoms with Gasteiger partial charge in [-0.25, -0.2) is 4.39 Å². The standard InChI is InChI=1S/C42H42FO5PSi/c1-41(2,3)50(35-16-6-4-7-17-35,36-18-8-5-9-19-36)48-34(28-40(44)45)30-49(46)47-27-13-15-32-14-12-26-42(32)29-38(31-22-24-33(43)25-23-31)37-20-10-11-21-39(37)42/h4-11,16-25,29,32,34H,12,14,26-28,30H2,1-3H3/p+1/t32?,34-,42?/m0/s1. The molecule has 0 saturated heterocycles. The first kappa shape index (κ1) is 35.6. The smallest absolute Gasteiger partial charge is 0.481 e. The zero-order chi connectivity index (χ0) is 35.4. The monoisotopic (exact) mass is 705 g/mol. The lowest BCUT2D eigenvalue weighted by molar-refractivity contribution is -0.138. The van der Waals surface area contributed by atoms with Crippen molar-refractivity contribution in [2.24, 2.45) is 5.92 Å². The van der Waals surface area contributed by atoms with E-state index in [-0.39, 0.29) is 41.4 Å². The quantitative estimate of drug-likeness (QED) is 0.0963. The van der Waals surface area contributed by atoms with Gasteiger partial charge in [0.05, 0.1) is 6.42 Å². The van der Waals surface area contributed by atoms with Crippen LogP contribution in [0.5, 0.6) is 0 Å². The molecule has 6 rings (SSSR count). The lowest BCUT2D eigenvalue weighted by Crippen LogP contribution is -2.68. The Bertz CT molecular complexity index is 1890. The third kappa shape index (κ3) is 7.17. The number of aliphatic carboxylic acids is 1. The number of carboxylic acids is 1. The lowest BCUT2D eigenvalue weighted by atomic mass is 9.74. The number of rotatable bonds is 11. The van der Waals surface area contributed by atoms with Crippen molar-refractivity contribution in [3.05, 3.63) is 138 Å². The molecule has 1 spiro atoms. The maximum Gasteiger partial charge on any atom is 0.511 e. The third-order valence-electron chi connectivity index (χ3n) is 10.1. The molecule has 5 nitrogen and oxygen atoms in total. The zero-order valence-corrected chi connectivity index (χ0v) is 30.7. The van der Waals surface area contributed by atoms with Crippen molar-refractivity contribution in [2.45, 2.75) is 63.0 Å². The van der Waals surface area contributed by atoms with Gasteiger partial charge in [0.1, 0.15) is 11.9 Å². The number of halogens is 1. The van der Waals surface area contributed by atoms with E-state index >= 15 is 0 Å². The minimum atomic E-state index is -3.08. The van der Waals surface area contributed by atoms with Gasteiger partial charge < -0.3 is 9.53 Å². The van der Waals surface area contributed by atoms with Crippen LogP contribution in [-0.2, 0) is 23.7 Å². The van der Waals surface area contributed by atoms with Crippen LogP contribution in [0, 0.1) is 23.6 Å². The minimum absolute atomic E-state index is 0.0308. The summed E-state index contributed by atoms with van der Waals surface area (Å²) in [5.41, 5.74) is 4.20. The molecule has 256 valence electrons. The van der Waals surface area contributed by atoms with E-state index in [0.29, 0.717) is 0 Å². The van der Waals surface area contributed by atoms with E-state index in [0.717, 1.165) is 46.3 Å². The summed E-state index contributed by atoms with van der Waals surface area (Å²) < 4.78 is 40.0. The Labute approximate surface area is 296 Å². The SMILES string of the molecule is CC(C)(C)[Si](O[C@@H](CC(=O)O)C[P+](=O)OCC#CC1CCCC12C=C(c1ccc(F)cc1)c1ccccc12)(c1ccccc1)c1ccccc1. The van der Waals surface area contributed by atoms with Gasteiger partial charge >= 0.3 is 14.0 Å². The van der Waals surface area contributed by atoms with Gasteiger partial charge in [-0.15, -0.1) is 4.52 Å². The molecule has 3 unspecified atom stereocenters. The highest BCUT2D eigenvalue weighted by atomic mass is 31.1. The summed E-state index contributed by atoms with van der Waals surface area (Å²) in [4.78, 5) is 12.1. The lowest BCUT2D eigenvalue weighted by Gasteiger charge is -2.44. The van der Waals surface area contributed by atoms with E-state index in [1.54, 1.807) is 0 Å². The van der Waals surface area contributed by atoms with Crippen LogP contribution < -0.4 is 10.4 Å². The molecular weight excluding hydrogens is 663 g/mol. The molecule has 0 amide bonds. The summed E-state index contributed by atoms with van der Waals surface area (Å²) in [6.45, 7) is 6.34. The molecule has 0 bridgehead atoms. The van der Waals surface area contributed by atoms with E-state index in [2.05, 4.69) is 56.9 Å². The van der Waals surface area contributed by atoms with Crippen molar-refractivity contribution in [1.29, 1.82) is 0 Å². The number of carboxylic acid groups (broad SMARTS) is 1. The van der Waals surface area contributed by atoms with Gasteiger partial charge in [0, 0.05) is 11.3 Å². The summed E-state index contributed by atoms with van der Waals surface area (Å²) in [6, 6.07) is 35.0. The normalized spacial score (nSPS) is 19.3. The molecule has 50 heavy (non-hydrogen) atoms. The predicted molar refractivity (Wildman–Crippen MR) is 200 cm³/mol. The van der Waals surface area contributed by atoms with Crippen LogP contribution in [-0.4, -0.2) is 38.3 Å². The number of benzene rings is 4. The van der Waals surface area contributed by atoms with Gasteiger partial charge in [-0.1, -0.05) is 142 Å². The summed E-state index contributed by atoms with van der Waals surface area (Å²) in [5.74, 6) is 5.37. The maximum atomic E-state index is 13.7. The molecule has 4 aromatic rings. The Morgan fingerprint density at radius 3 is 2.20 bits per heavy atom. The van der Waals surface area contributed by atoms with E-state index in [1.807, 2.05) is 78.9 Å². The zero-order valence-electron chi connectivity index (χ0n) is 28.8. The maximum absolute atomic E-state index is 13.7. The van der Waals surface area contributed by atoms with Gasteiger partial charge in [0.15, 0.2) is 6.61 Å². The van der Waals surface area contributed by atoms with Crippen molar-refractivity contribution >= 4 is 38.3 Å². The Morgan fingerprint density at radius 1 is 0.960 bits per heavy atom. The van der Waals surface area contributed by atoms with Gasteiger partial charge in [-0.3, -0.25) is 4.79 Å². The van der Waals surface area contributed by atoms with Crippen LogP contribution in [0.3, 0.4) is 0 Å². The van der Waals surface area contributed by atoms with Gasteiger partial charge in [-0.05, 0) is 67.2 Å². The van der Waals surface area contributed by atoms with Crippen molar-refractivity contribution in [3.8, 4) is 11.8 Å². The fourth-order valence-electron chi connectivity index (χ4n) is 7.90. The van der Waals surface area contributed by atoms with Crippen LogP contribution in [0.2, 0.25) is 5.04 Å². The molecule has 0 heterocycles. The summed E-state index contributed by atoms with van der Waals surface area (Å²) in [5, 5.41) is 11.6. The molecular formula is C42H43FO5PSi+. The summed E-state index contributed by atoms with van der Waals surface area (Å²) in [7, 11) is -5.35. The minimum Gasteiger partial charge on any atom is -0.481 e. The summed E-state index contributed by atoms with van der Waals surface area (Å²) >= 11 is 0. The Kier molecular flexibility index (Phi) is 10.7.